The van der Waals surface area contributed by atoms with Gasteiger partial charge in [0.15, 0.2) is 0 Å². The molecule has 0 N–H and O–H groups in total. The van der Waals surface area contributed by atoms with E-state index < -0.39 is 7.26 Å². The Balaban J connectivity index is 0. The van der Waals surface area contributed by atoms with Gasteiger partial charge in [-0.05, 0) is 13.3 Å². The quantitative estimate of drug-likeness (QED) is 0.111. The summed E-state index contributed by atoms with van der Waals surface area (Å²) in [6, 6.07) is 0. The van der Waals surface area contributed by atoms with Crippen molar-refractivity contribution in [3.63, 3.8) is 0 Å². The number of ether oxygens (including phenoxy) is 1. The van der Waals surface area contributed by atoms with E-state index in [4.69, 9.17) is 4.74 Å². The summed E-state index contributed by atoms with van der Waals surface area (Å²) < 4.78 is 5.71. The van der Waals surface area contributed by atoms with Crippen molar-refractivity contribution in [2.45, 2.75) is 122 Å². The van der Waals surface area contributed by atoms with Gasteiger partial charge < -0.3 is 17.1 Å². The lowest BCUT2D eigenvalue weighted by Gasteiger charge is -2.24. The predicted molar refractivity (Wildman–Crippen MR) is 129 cm³/mol. The minimum absolute atomic E-state index is 0. The van der Waals surface area contributed by atoms with Crippen LogP contribution in [-0.4, -0.2) is 31.8 Å². The molecule has 2 nitrogen and oxygen atoms in total. The number of esters is 1. The molecular weight excluding hydrogens is 399 g/mol. The van der Waals surface area contributed by atoms with Crippen LogP contribution in [0.15, 0.2) is 12.2 Å². The molecule has 0 spiro atoms. The third-order valence-electron chi connectivity index (χ3n) is 5.51. The monoisotopic (exact) mass is 448 g/mol. The Morgan fingerprint density at radius 1 is 0.759 bits per heavy atom. The van der Waals surface area contributed by atoms with Gasteiger partial charge in [-0.25, -0.2) is 4.79 Å². The number of hydrogen-bond donors (Lipinski definition) is 0. The second kappa shape index (κ2) is 19.9. The fourth-order valence-corrected chi connectivity index (χ4v) is 4.89. The van der Waals surface area contributed by atoms with Crippen LogP contribution in [0.2, 0.25) is 0 Å². The van der Waals surface area contributed by atoms with Crippen LogP contribution in [0.1, 0.15) is 117 Å². The summed E-state index contributed by atoms with van der Waals surface area (Å²) in [4.78, 5) is 11.9. The Kier molecular flexibility index (Phi) is 21.3. The van der Waals surface area contributed by atoms with Gasteiger partial charge in [-0.2, -0.15) is 0 Å². The Morgan fingerprint density at radius 2 is 1.10 bits per heavy atom. The molecule has 0 aromatic heterocycles. The normalized spacial score (nSPS) is 12.3. The fraction of sp³-hybridized carbons (Fsp3) is 0.880. The summed E-state index contributed by atoms with van der Waals surface area (Å²) in [5.41, 5.74) is 0.509. The zero-order valence-corrected chi connectivity index (χ0v) is 21.9. The summed E-state index contributed by atoms with van der Waals surface area (Å²) in [6.45, 7) is 14.5. The first kappa shape index (κ1) is 31.1. The number of carbonyl (C=O) groups is 1. The number of hydrogen-bond acceptors (Lipinski definition) is 2. The molecule has 0 aromatic carbocycles. The van der Waals surface area contributed by atoms with Crippen molar-refractivity contribution in [3.05, 3.63) is 12.2 Å². The molecule has 0 aliphatic heterocycles. The Bertz CT molecular complexity index is 404. The van der Waals surface area contributed by atoms with Gasteiger partial charge in [0.2, 0.25) is 5.85 Å². The number of rotatable bonds is 19. The summed E-state index contributed by atoms with van der Waals surface area (Å²) in [6.07, 6.45) is 21.7. The van der Waals surface area contributed by atoms with Gasteiger partial charge in [-0.1, -0.05) is 103 Å². The van der Waals surface area contributed by atoms with E-state index in [2.05, 4.69) is 33.5 Å². The standard InChI is InChI=1S/C25H50O2P.ClH/c1-7-8-9-10-11-12-13-14-15-16-17-18-19-20-21-22-24(28(4,5)6)27-25(26)23(2)3;/h24H,2,7-22H2,1,3-6H3;1H/q+1;/p-1. The number of unbranched alkanes of at least 4 members (excludes halogenated alkanes) is 14. The molecule has 0 saturated heterocycles. The molecule has 0 heterocycles. The van der Waals surface area contributed by atoms with Gasteiger partial charge >= 0.3 is 5.97 Å². The van der Waals surface area contributed by atoms with Crippen LogP contribution in [0.3, 0.4) is 0 Å². The number of halogens is 1. The molecule has 4 heteroatoms. The molecule has 0 bridgehead atoms. The first-order chi connectivity index (χ1) is 13.3. The van der Waals surface area contributed by atoms with Gasteiger partial charge in [-0.3, -0.25) is 0 Å². The van der Waals surface area contributed by atoms with E-state index in [9.17, 15) is 4.79 Å². The van der Waals surface area contributed by atoms with E-state index in [-0.39, 0.29) is 24.2 Å². The molecule has 0 aliphatic rings. The topological polar surface area (TPSA) is 26.3 Å². The van der Waals surface area contributed by atoms with Gasteiger partial charge in [0.25, 0.3) is 0 Å². The zero-order valence-electron chi connectivity index (χ0n) is 20.2. The van der Waals surface area contributed by atoms with E-state index in [0.717, 1.165) is 6.42 Å². The zero-order chi connectivity index (χ0) is 21.3. The van der Waals surface area contributed by atoms with E-state index in [1.54, 1.807) is 6.92 Å². The average molecular weight is 449 g/mol. The van der Waals surface area contributed by atoms with Crippen LogP contribution in [0.25, 0.3) is 0 Å². The molecule has 1 unspecified atom stereocenters. The highest BCUT2D eigenvalue weighted by Crippen LogP contribution is 2.54. The Morgan fingerprint density at radius 3 is 1.41 bits per heavy atom. The first-order valence-corrected chi connectivity index (χ1v) is 15.2. The highest BCUT2D eigenvalue weighted by Gasteiger charge is 2.34. The van der Waals surface area contributed by atoms with Crippen LogP contribution in [0.5, 0.6) is 0 Å². The van der Waals surface area contributed by atoms with Crippen molar-refractivity contribution in [2.75, 3.05) is 20.0 Å². The minimum Gasteiger partial charge on any atom is -1.00 e. The van der Waals surface area contributed by atoms with Crippen molar-refractivity contribution >= 4 is 13.2 Å². The van der Waals surface area contributed by atoms with Crippen molar-refractivity contribution in [3.8, 4) is 0 Å². The van der Waals surface area contributed by atoms with E-state index in [1.807, 2.05) is 0 Å². The van der Waals surface area contributed by atoms with Crippen LogP contribution in [0, 0.1) is 0 Å². The van der Waals surface area contributed by atoms with E-state index in [1.165, 1.54) is 96.3 Å². The fourth-order valence-electron chi connectivity index (χ4n) is 3.52. The highest BCUT2D eigenvalue weighted by molar-refractivity contribution is 7.74. The van der Waals surface area contributed by atoms with E-state index in [0.29, 0.717) is 5.57 Å². The van der Waals surface area contributed by atoms with Crippen molar-refractivity contribution in [1.29, 1.82) is 0 Å². The van der Waals surface area contributed by atoms with Crippen molar-refractivity contribution < 1.29 is 21.9 Å². The lowest BCUT2D eigenvalue weighted by molar-refractivity contribution is -0.140. The molecule has 0 radical (unpaired) electrons. The maximum Gasteiger partial charge on any atom is 0.336 e. The Hall–Kier alpha value is -0.0700. The van der Waals surface area contributed by atoms with Crippen LogP contribution < -0.4 is 12.4 Å². The highest BCUT2D eigenvalue weighted by atomic mass is 35.5. The molecule has 0 aromatic rings. The van der Waals surface area contributed by atoms with Gasteiger partial charge in [0, 0.05) is 19.3 Å². The summed E-state index contributed by atoms with van der Waals surface area (Å²) in [5.74, 6) is -0.125. The molecule has 0 aliphatic carbocycles. The maximum atomic E-state index is 11.9. The Labute approximate surface area is 189 Å². The minimum atomic E-state index is -1.19. The maximum absolute atomic E-state index is 11.9. The van der Waals surface area contributed by atoms with Gasteiger partial charge in [0.05, 0.1) is 20.0 Å². The van der Waals surface area contributed by atoms with E-state index >= 15 is 0 Å². The number of carbonyl (C=O) groups excluding carboxylic acids is 1. The largest absolute Gasteiger partial charge is 1.00 e. The van der Waals surface area contributed by atoms with Crippen molar-refractivity contribution in [1.82, 2.24) is 0 Å². The van der Waals surface area contributed by atoms with Gasteiger partial charge in [-0.15, -0.1) is 0 Å². The first-order valence-electron chi connectivity index (χ1n) is 12.0. The summed E-state index contributed by atoms with van der Waals surface area (Å²) >= 11 is 0. The second-order valence-electron chi connectivity index (χ2n) is 9.49. The predicted octanol–water partition coefficient (Wildman–Crippen LogP) is 5.60. The molecule has 0 saturated carbocycles. The lowest BCUT2D eigenvalue weighted by Crippen LogP contribution is -3.00. The van der Waals surface area contributed by atoms with Gasteiger partial charge in [0.1, 0.15) is 0 Å². The summed E-state index contributed by atoms with van der Waals surface area (Å²) in [5, 5.41) is 0. The molecular formula is C25H50ClO2P. The van der Waals surface area contributed by atoms with Crippen LogP contribution in [-0.2, 0) is 9.53 Å². The molecule has 0 amide bonds. The van der Waals surface area contributed by atoms with Crippen LogP contribution >= 0.6 is 7.26 Å². The molecule has 1 atom stereocenters. The third-order valence-corrected chi connectivity index (χ3v) is 7.60. The SMILES string of the molecule is C=C(C)C(=O)OC(CCCCCCCCCCCCCCCCC)[P+](C)(C)C.[Cl-]. The van der Waals surface area contributed by atoms with Crippen LogP contribution in [0.4, 0.5) is 0 Å². The molecule has 0 fully saturated rings. The lowest BCUT2D eigenvalue weighted by atomic mass is 10.0. The molecule has 0 rings (SSSR count). The second-order valence-corrected chi connectivity index (χ2v) is 14.3. The molecule has 174 valence electrons. The summed E-state index contributed by atoms with van der Waals surface area (Å²) in [7, 11) is -1.19. The smallest absolute Gasteiger partial charge is 0.336 e. The molecule has 29 heavy (non-hydrogen) atoms. The average Bonchev–Trinajstić information content (AvgIpc) is 2.62. The van der Waals surface area contributed by atoms with Crippen molar-refractivity contribution in [2.24, 2.45) is 0 Å². The third kappa shape index (κ3) is 19.6.